The Morgan fingerprint density at radius 1 is 0.923 bits per heavy atom. The van der Waals surface area contributed by atoms with Crippen LogP contribution in [0.5, 0.6) is 0 Å². The summed E-state index contributed by atoms with van der Waals surface area (Å²) in [7, 11) is 0. The van der Waals surface area contributed by atoms with Crippen molar-refractivity contribution in [2.45, 2.75) is 44.8 Å². The number of carbonyl (C=O) groups is 2. The molecule has 0 N–H and O–H groups in total. The van der Waals surface area contributed by atoms with E-state index in [0.29, 0.717) is 27.9 Å². The Bertz CT molecular complexity index is 1510. The predicted octanol–water partition coefficient (Wildman–Crippen LogP) is 4.27. The number of carbonyl (C=O) groups excluding carboxylic acids is 2. The standard InChI is InChI=1S/C27H24F2N6O4/c28-21-12-7-13-22(29)24(21)34-27(38)35(32-31-34)26(37)33(19-10-5-2-6-11-19)20-14-15-23(30-16-20)25(36)39-17-18-8-3-1-4-9-18/h1,3-4,7-9,12-16,19H,2,5-6,10-11,17H2. The maximum absolute atomic E-state index is 14.3. The van der Waals surface area contributed by atoms with Crippen molar-refractivity contribution in [2.24, 2.45) is 0 Å². The number of rotatable bonds is 6. The van der Waals surface area contributed by atoms with Gasteiger partial charge in [-0.15, -0.1) is 4.68 Å². The van der Waals surface area contributed by atoms with Crippen LogP contribution in [0, 0.1) is 11.6 Å². The Balaban J connectivity index is 1.42. The quantitative estimate of drug-likeness (QED) is 0.268. The molecular formula is C27H24F2N6O4. The molecule has 0 spiro atoms. The maximum Gasteiger partial charge on any atom is 0.377 e. The van der Waals surface area contributed by atoms with E-state index in [1.165, 1.54) is 23.2 Å². The number of hydrogen-bond donors (Lipinski definition) is 0. The zero-order valence-electron chi connectivity index (χ0n) is 20.7. The molecule has 0 bridgehead atoms. The fourth-order valence-electron chi connectivity index (χ4n) is 4.56. The van der Waals surface area contributed by atoms with Gasteiger partial charge in [0.15, 0.2) is 11.6 Å². The van der Waals surface area contributed by atoms with Crippen LogP contribution in [-0.4, -0.2) is 42.8 Å². The lowest BCUT2D eigenvalue weighted by molar-refractivity contribution is 0.0465. The van der Waals surface area contributed by atoms with Gasteiger partial charge < -0.3 is 4.74 Å². The summed E-state index contributed by atoms with van der Waals surface area (Å²) in [6.45, 7) is 0.0803. The minimum atomic E-state index is -1.13. The molecule has 10 nitrogen and oxygen atoms in total. The number of nitrogens with zero attached hydrogens (tertiary/aromatic N) is 6. The van der Waals surface area contributed by atoms with E-state index in [-0.39, 0.29) is 18.3 Å². The SMILES string of the molecule is O=C(OCc1ccccc1)c1ccc(N(C(=O)n2nnn(-c3c(F)cccc3F)c2=O)C2CCCCC2)cn1. The third-order valence-electron chi connectivity index (χ3n) is 6.51. The van der Waals surface area contributed by atoms with Gasteiger partial charge in [-0.3, -0.25) is 4.90 Å². The average Bonchev–Trinajstić information content (AvgIpc) is 3.34. The Morgan fingerprint density at radius 3 is 2.31 bits per heavy atom. The van der Waals surface area contributed by atoms with Crippen molar-refractivity contribution < 1.29 is 23.1 Å². The molecule has 0 unspecified atom stereocenters. The molecule has 5 rings (SSSR count). The lowest BCUT2D eigenvalue weighted by Gasteiger charge is -2.33. The normalized spacial score (nSPS) is 13.7. The summed E-state index contributed by atoms with van der Waals surface area (Å²) in [5.41, 5.74) is -0.663. The van der Waals surface area contributed by atoms with Gasteiger partial charge in [0.25, 0.3) is 0 Å². The van der Waals surface area contributed by atoms with E-state index < -0.39 is 35.0 Å². The number of tetrazole rings is 1. The van der Waals surface area contributed by atoms with Gasteiger partial charge in [-0.25, -0.2) is 28.1 Å². The van der Waals surface area contributed by atoms with E-state index in [0.717, 1.165) is 43.0 Å². The predicted molar refractivity (Wildman–Crippen MR) is 135 cm³/mol. The lowest BCUT2D eigenvalue weighted by atomic mass is 9.94. The molecule has 2 aromatic heterocycles. The molecule has 0 atom stereocenters. The summed E-state index contributed by atoms with van der Waals surface area (Å²) in [6.07, 6.45) is 5.42. The number of halogens is 2. The number of amides is 1. The minimum absolute atomic E-state index is 0.0452. The summed E-state index contributed by atoms with van der Waals surface area (Å²) in [4.78, 5) is 44.7. The number of anilines is 1. The monoisotopic (exact) mass is 534 g/mol. The highest BCUT2D eigenvalue weighted by molar-refractivity contribution is 5.94. The molecule has 1 aliphatic rings. The first-order chi connectivity index (χ1) is 18.9. The summed E-state index contributed by atoms with van der Waals surface area (Å²) in [5, 5.41) is 7.16. The fourth-order valence-corrected chi connectivity index (χ4v) is 4.56. The number of para-hydroxylation sites is 1. The highest BCUT2D eigenvalue weighted by atomic mass is 19.1. The van der Waals surface area contributed by atoms with Crippen LogP contribution >= 0.6 is 0 Å². The van der Waals surface area contributed by atoms with Crippen LogP contribution in [0.2, 0.25) is 0 Å². The molecule has 4 aromatic rings. The second-order valence-corrected chi connectivity index (χ2v) is 9.06. The zero-order chi connectivity index (χ0) is 27.4. The van der Waals surface area contributed by atoms with Crippen molar-refractivity contribution in [1.29, 1.82) is 0 Å². The van der Waals surface area contributed by atoms with Gasteiger partial charge in [0.2, 0.25) is 0 Å². The van der Waals surface area contributed by atoms with Gasteiger partial charge in [0, 0.05) is 6.04 Å². The number of aromatic nitrogens is 5. The van der Waals surface area contributed by atoms with E-state index in [4.69, 9.17) is 4.74 Å². The number of pyridine rings is 1. The smallest absolute Gasteiger partial charge is 0.377 e. The van der Waals surface area contributed by atoms with Crippen molar-refractivity contribution in [2.75, 3.05) is 4.90 Å². The molecule has 1 amide bonds. The third-order valence-corrected chi connectivity index (χ3v) is 6.51. The van der Waals surface area contributed by atoms with Gasteiger partial charge in [0.1, 0.15) is 18.0 Å². The van der Waals surface area contributed by atoms with Gasteiger partial charge in [-0.1, -0.05) is 55.7 Å². The average molecular weight is 535 g/mol. The van der Waals surface area contributed by atoms with Crippen LogP contribution in [-0.2, 0) is 11.3 Å². The zero-order valence-corrected chi connectivity index (χ0v) is 20.7. The van der Waals surface area contributed by atoms with Crippen molar-refractivity contribution in [3.05, 3.63) is 100 Å². The Labute approximate surface area is 221 Å². The van der Waals surface area contributed by atoms with E-state index >= 15 is 0 Å². The number of benzene rings is 2. The van der Waals surface area contributed by atoms with Gasteiger partial charge >= 0.3 is 17.7 Å². The molecule has 39 heavy (non-hydrogen) atoms. The van der Waals surface area contributed by atoms with Crippen molar-refractivity contribution in [3.63, 3.8) is 0 Å². The van der Waals surface area contributed by atoms with Gasteiger partial charge in [-0.05, 0) is 53.1 Å². The van der Waals surface area contributed by atoms with Crippen LogP contribution in [0.1, 0.15) is 48.2 Å². The third kappa shape index (κ3) is 5.44. The van der Waals surface area contributed by atoms with E-state index in [9.17, 15) is 23.2 Å². The summed E-state index contributed by atoms with van der Waals surface area (Å²) >= 11 is 0. The maximum atomic E-state index is 14.3. The lowest BCUT2D eigenvalue weighted by Crippen LogP contribution is -2.47. The molecule has 0 aliphatic heterocycles. The van der Waals surface area contributed by atoms with Crippen LogP contribution in [0.3, 0.4) is 0 Å². The van der Waals surface area contributed by atoms with Crippen molar-refractivity contribution >= 4 is 17.7 Å². The molecule has 0 radical (unpaired) electrons. The van der Waals surface area contributed by atoms with Crippen LogP contribution in [0.25, 0.3) is 5.69 Å². The van der Waals surface area contributed by atoms with Gasteiger partial charge in [0.05, 0.1) is 11.9 Å². The highest BCUT2D eigenvalue weighted by Gasteiger charge is 2.31. The highest BCUT2D eigenvalue weighted by Crippen LogP contribution is 2.28. The first-order valence-corrected chi connectivity index (χ1v) is 12.4. The van der Waals surface area contributed by atoms with E-state index in [1.54, 1.807) is 0 Å². The molecule has 12 heteroatoms. The number of ether oxygens (including phenoxy) is 1. The molecule has 2 heterocycles. The molecule has 1 aliphatic carbocycles. The molecule has 0 saturated heterocycles. The molecular weight excluding hydrogens is 510 g/mol. The first-order valence-electron chi connectivity index (χ1n) is 12.4. The molecule has 2 aromatic carbocycles. The molecule has 1 fully saturated rings. The van der Waals surface area contributed by atoms with Crippen LogP contribution in [0.15, 0.2) is 71.7 Å². The summed E-state index contributed by atoms with van der Waals surface area (Å²) < 4.78 is 34.7. The minimum Gasteiger partial charge on any atom is -0.456 e. The summed E-state index contributed by atoms with van der Waals surface area (Å²) in [5.74, 6) is -2.69. The van der Waals surface area contributed by atoms with Crippen molar-refractivity contribution in [1.82, 2.24) is 24.8 Å². The van der Waals surface area contributed by atoms with E-state index in [2.05, 4.69) is 15.4 Å². The molecule has 200 valence electrons. The molecule has 1 saturated carbocycles. The first kappa shape index (κ1) is 25.9. The second-order valence-electron chi connectivity index (χ2n) is 9.06. The Hall–Kier alpha value is -4.74. The van der Waals surface area contributed by atoms with Crippen LogP contribution in [0.4, 0.5) is 19.3 Å². The van der Waals surface area contributed by atoms with Crippen LogP contribution < -0.4 is 10.6 Å². The van der Waals surface area contributed by atoms with E-state index in [1.807, 2.05) is 30.3 Å². The van der Waals surface area contributed by atoms with Crippen molar-refractivity contribution in [3.8, 4) is 5.69 Å². The topological polar surface area (TPSA) is 112 Å². The largest absolute Gasteiger partial charge is 0.456 e. The number of hydrogen-bond acceptors (Lipinski definition) is 7. The Kier molecular flexibility index (Phi) is 7.53. The summed E-state index contributed by atoms with van der Waals surface area (Å²) in [6, 6.07) is 14.1. The van der Waals surface area contributed by atoms with Gasteiger partial charge in [-0.2, -0.15) is 4.68 Å². The fraction of sp³-hybridized carbons (Fsp3) is 0.259. The second kappa shape index (κ2) is 11.3. The Morgan fingerprint density at radius 2 is 1.64 bits per heavy atom. The number of esters is 1.